The van der Waals surface area contributed by atoms with Crippen molar-refractivity contribution < 1.29 is 9.60 Å². The summed E-state index contributed by atoms with van der Waals surface area (Å²) >= 11 is 0. The standard InChI is InChI=1S/C13H19FN4O/c1-18-3-2-12(8-18)16-7-9-4-10(13(15)17-19)6-11(14)5-9/h4-6,12,16,19H,2-3,7-8H2,1H3,(H2,15,17). The summed E-state index contributed by atoms with van der Waals surface area (Å²) in [6.07, 6.45) is 1.10. The first-order chi connectivity index (χ1) is 9.08. The van der Waals surface area contributed by atoms with Crippen molar-refractivity contribution in [3.05, 3.63) is 35.1 Å². The zero-order chi connectivity index (χ0) is 13.8. The number of benzene rings is 1. The van der Waals surface area contributed by atoms with Gasteiger partial charge >= 0.3 is 0 Å². The minimum atomic E-state index is -0.385. The summed E-state index contributed by atoms with van der Waals surface area (Å²) in [5, 5.41) is 14.9. The molecular weight excluding hydrogens is 247 g/mol. The zero-order valence-corrected chi connectivity index (χ0v) is 10.9. The highest BCUT2D eigenvalue weighted by Gasteiger charge is 2.18. The number of rotatable bonds is 4. The third-order valence-corrected chi connectivity index (χ3v) is 3.35. The van der Waals surface area contributed by atoms with Gasteiger partial charge in [-0.05, 0) is 43.8 Å². The van der Waals surface area contributed by atoms with E-state index >= 15 is 0 Å². The highest BCUT2D eigenvalue weighted by molar-refractivity contribution is 5.97. The largest absolute Gasteiger partial charge is 0.409 e. The molecule has 4 N–H and O–H groups in total. The molecule has 104 valence electrons. The van der Waals surface area contributed by atoms with E-state index in [2.05, 4.69) is 22.4 Å². The van der Waals surface area contributed by atoms with Crippen molar-refractivity contribution >= 4 is 5.84 Å². The first-order valence-corrected chi connectivity index (χ1v) is 6.28. The first kappa shape index (κ1) is 13.8. The molecule has 1 fully saturated rings. The number of nitrogens with one attached hydrogen (secondary N) is 1. The van der Waals surface area contributed by atoms with Crippen LogP contribution in [-0.2, 0) is 6.54 Å². The molecule has 0 spiro atoms. The summed E-state index contributed by atoms with van der Waals surface area (Å²) < 4.78 is 13.5. The van der Waals surface area contributed by atoms with Crippen molar-refractivity contribution in [3.63, 3.8) is 0 Å². The monoisotopic (exact) mass is 266 g/mol. The highest BCUT2D eigenvalue weighted by atomic mass is 19.1. The number of nitrogens with two attached hydrogens (primary N) is 1. The molecule has 1 heterocycles. The van der Waals surface area contributed by atoms with Gasteiger partial charge in [0.1, 0.15) is 5.82 Å². The van der Waals surface area contributed by atoms with E-state index in [1.807, 2.05) is 0 Å². The van der Waals surface area contributed by atoms with E-state index in [-0.39, 0.29) is 11.7 Å². The molecule has 0 aliphatic carbocycles. The lowest BCUT2D eigenvalue weighted by Gasteiger charge is -2.13. The number of oxime groups is 1. The van der Waals surface area contributed by atoms with Crippen LogP contribution in [0.25, 0.3) is 0 Å². The number of nitrogens with zero attached hydrogens (tertiary/aromatic N) is 2. The molecule has 0 amide bonds. The lowest BCUT2D eigenvalue weighted by Crippen LogP contribution is -2.31. The number of likely N-dealkylation sites (N-methyl/N-ethyl adjacent to an activating group) is 1. The van der Waals surface area contributed by atoms with Crippen LogP contribution in [0, 0.1) is 5.82 Å². The van der Waals surface area contributed by atoms with Crippen molar-refractivity contribution in [1.82, 2.24) is 10.2 Å². The highest BCUT2D eigenvalue weighted by Crippen LogP contribution is 2.11. The molecule has 1 aliphatic rings. The summed E-state index contributed by atoms with van der Waals surface area (Å²) in [6.45, 7) is 2.65. The van der Waals surface area contributed by atoms with E-state index in [0.717, 1.165) is 25.1 Å². The van der Waals surface area contributed by atoms with Crippen LogP contribution in [0.3, 0.4) is 0 Å². The molecular formula is C13H19FN4O. The van der Waals surface area contributed by atoms with Crippen molar-refractivity contribution in [1.29, 1.82) is 0 Å². The molecule has 0 radical (unpaired) electrons. The Hall–Kier alpha value is -1.66. The third-order valence-electron chi connectivity index (χ3n) is 3.35. The molecule has 6 heteroatoms. The Balaban J connectivity index is 2.02. The Bertz CT molecular complexity index is 478. The molecule has 1 saturated heterocycles. The average molecular weight is 266 g/mol. The normalized spacial score (nSPS) is 20.9. The lowest BCUT2D eigenvalue weighted by atomic mass is 10.1. The molecule has 1 atom stereocenters. The van der Waals surface area contributed by atoms with Gasteiger partial charge in [0, 0.05) is 24.7 Å². The van der Waals surface area contributed by atoms with E-state index in [1.165, 1.54) is 12.1 Å². The van der Waals surface area contributed by atoms with Crippen molar-refractivity contribution in [2.24, 2.45) is 10.9 Å². The van der Waals surface area contributed by atoms with Crippen molar-refractivity contribution in [2.75, 3.05) is 20.1 Å². The van der Waals surface area contributed by atoms with Crippen LogP contribution in [0.1, 0.15) is 17.5 Å². The maximum atomic E-state index is 13.5. The summed E-state index contributed by atoms with van der Waals surface area (Å²) in [4.78, 5) is 2.26. The van der Waals surface area contributed by atoms with Gasteiger partial charge in [0.05, 0.1) is 0 Å². The van der Waals surface area contributed by atoms with Crippen molar-refractivity contribution in [2.45, 2.75) is 19.0 Å². The van der Waals surface area contributed by atoms with Crippen LogP contribution >= 0.6 is 0 Å². The van der Waals surface area contributed by atoms with Gasteiger partial charge in [-0.1, -0.05) is 5.16 Å². The van der Waals surface area contributed by atoms with Crippen LogP contribution in [-0.4, -0.2) is 42.1 Å². The fourth-order valence-electron chi connectivity index (χ4n) is 2.32. The summed E-state index contributed by atoms with van der Waals surface area (Å²) in [7, 11) is 2.08. The SMILES string of the molecule is CN1CCC(NCc2cc(F)cc(/C(N)=N/O)c2)C1. The van der Waals surface area contributed by atoms with Crippen LogP contribution in [0.5, 0.6) is 0 Å². The number of amidine groups is 1. The van der Waals surface area contributed by atoms with Crippen LogP contribution in [0.4, 0.5) is 4.39 Å². The second kappa shape index (κ2) is 5.99. The van der Waals surface area contributed by atoms with E-state index in [1.54, 1.807) is 6.07 Å². The molecule has 1 aliphatic heterocycles. The second-order valence-corrected chi connectivity index (χ2v) is 4.96. The second-order valence-electron chi connectivity index (χ2n) is 4.96. The smallest absolute Gasteiger partial charge is 0.170 e. The molecule has 5 nitrogen and oxygen atoms in total. The van der Waals surface area contributed by atoms with E-state index < -0.39 is 0 Å². The predicted molar refractivity (Wildman–Crippen MR) is 71.7 cm³/mol. The summed E-state index contributed by atoms with van der Waals surface area (Å²) in [5.74, 6) is -0.467. The Morgan fingerprint density at radius 1 is 1.58 bits per heavy atom. The summed E-state index contributed by atoms with van der Waals surface area (Å²) in [6, 6.07) is 4.87. The topological polar surface area (TPSA) is 73.9 Å². The molecule has 1 unspecified atom stereocenters. The van der Waals surface area contributed by atoms with Crippen LogP contribution in [0.2, 0.25) is 0 Å². The predicted octanol–water partition coefficient (Wildman–Crippen LogP) is 0.714. The van der Waals surface area contributed by atoms with Gasteiger partial charge in [-0.25, -0.2) is 4.39 Å². The minimum absolute atomic E-state index is 0.0821. The molecule has 0 aromatic heterocycles. The summed E-state index contributed by atoms with van der Waals surface area (Å²) in [5.41, 5.74) is 6.65. The molecule has 0 saturated carbocycles. The van der Waals surface area contributed by atoms with Gasteiger partial charge in [0.25, 0.3) is 0 Å². The number of halogens is 1. The molecule has 19 heavy (non-hydrogen) atoms. The van der Waals surface area contributed by atoms with E-state index in [4.69, 9.17) is 10.9 Å². The van der Waals surface area contributed by atoms with Gasteiger partial charge in [0.15, 0.2) is 5.84 Å². The van der Waals surface area contributed by atoms with Gasteiger partial charge in [-0.15, -0.1) is 0 Å². The first-order valence-electron chi connectivity index (χ1n) is 6.28. The molecule has 1 aromatic rings. The van der Waals surface area contributed by atoms with Crippen molar-refractivity contribution in [3.8, 4) is 0 Å². The fraction of sp³-hybridized carbons (Fsp3) is 0.462. The Morgan fingerprint density at radius 2 is 2.37 bits per heavy atom. The van der Waals surface area contributed by atoms with Crippen LogP contribution < -0.4 is 11.1 Å². The number of likely N-dealkylation sites (tertiary alicyclic amines) is 1. The van der Waals surface area contributed by atoms with Gasteiger partial charge < -0.3 is 21.2 Å². The Morgan fingerprint density at radius 3 is 3.00 bits per heavy atom. The Kier molecular flexibility index (Phi) is 4.34. The zero-order valence-electron chi connectivity index (χ0n) is 10.9. The molecule has 2 rings (SSSR count). The van der Waals surface area contributed by atoms with Gasteiger partial charge in [-0.2, -0.15) is 0 Å². The molecule has 0 bridgehead atoms. The minimum Gasteiger partial charge on any atom is -0.409 e. The molecule has 1 aromatic carbocycles. The van der Waals surface area contributed by atoms with Gasteiger partial charge in [0.2, 0.25) is 0 Å². The fourth-order valence-corrected chi connectivity index (χ4v) is 2.32. The Labute approximate surface area is 111 Å². The third kappa shape index (κ3) is 3.65. The quantitative estimate of drug-likeness (QED) is 0.325. The maximum Gasteiger partial charge on any atom is 0.170 e. The average Bonchev–Trinajstić information content (AvgIpc) is 2.80. The lowest BCUT2D eigenvalue weighted by molar-refractivity contribution is 0.318. The van der Waals surface area contributed by atoms with E-state index in [9.17, 15) is 4.39 Å². The number of hydrogen-bond donors (Lipinski definition) is 3. The van der Waals surface area contributed by atoms with Crippen LogP contribution in [0.15, 0.2) is 23.4 Å². The maximum absolute atomic E-state index is 13.5. The van der Waals surface area contributed by atoms with Gasteiger partial charge in [-0.3, -0.25) is 0 Å². The van der Waals surface area contributed by atoms with E-state index in [0.29, 0.717) is 18.2 Å². The number of hydrogen-bond acceptors (Lipinski definition) is 4.